The predicted octanol–water partition coefficient (Wildman–Crippen LogP) is 2.92. The number of anilines is 1. The first-order chi connectivity index (χ1) is 15.5. The zero-order chi connectivity index (χ0) is 22.6. The Morgan fingerprint density at radius 3 is 2.72 bits per heavy atom. The first-order valence-electron chi connectivity index (χ1n) is 11.5. The highest BCUT2D eigenvalue weighted by Crippen LogP contribution is 2.52. The van der Waals surface area contributed by atoms with Crippen molar-refractivity contribution in [3.8, 4) is 0 Å². The topological polar surface area (TPSA) is 147 Å². The smallest absolute Gasteiger partial charge is 0.386 e. The van der Waals surface area contributed by atoms with Crippen LogP contribution in [-0.4, -0.2) is 56.1 Å². The van der Waals surface area contributed by atoms with E-state index in [-0.39, 0.29) is 12.4 Å². The lowest BCUT2D eigenvalue weighted by Crippen LogP contribution is -2.41. The zero-order valence-corrected chi connectivity index (χ0v) is 19.3. The lowest BCUT2D eigenvalue weighted by atomic mass is 10.1. The van der Waals surface area contributed by atoms with Crippen molar-refractivity contribution in [1.82, 2.24) is 24.6 Å². The number of nitrogen functional groups attached to an aromatic ring is 1. The van der Waals surface area contributed by atoms with Crippen molar-refractivity contribution >= 4 is 24.7 Å². The summed E-state index contributed by atoms with van der Waals surface area (Å²) in [7, 11) is -3.51. The summed E-state index contributed by atoms with van der Waals surface area (Å²) in [6.45, 7) is 2.81. The van der Waals surface area contributed by atoms with Gasteiger partial charge in [0.1, 0.15) is 30.2 Å². The molecule has 0 aliphatic carbocycles. The van der Waals surface area contributed by atoms with Crippen molar-refractivity contribution in [2.24, 2.45) is 0 Å². The average Bonchev–Trinajstić information content (AvgIpc) is 3.34. The molecule has 4 N–H and O–H groups in total. The summed E-state index contributed by atoms with van der Waals surface area (Å²) in [5.41, 5.74) is 6.71. The molecule has 5 atom stereocenters. The molecule has 178 valence electrons. The van der Waals surface area contributed by atoms with Gasteiger partial charge in [0.25, 0.3) is 0 Å². The third kappa shape index (κ3) is 5.13. The molecule has 2 aromatic rings. The Bertz CT molecular complexity index is 942. The monoisotopic (exact) mass is 468 g/mol. The van der Waals surface area contributed by atoms with Crippen molar-refractivity contribution in [3.05, 3.63) is 12.7 Å². The van der Waals surface area contributed by atoms with Crippen molar-refractivity contribution in [2.75, 3.05) is 18.9 Å². The lowest BCUT2D eigenvalue weighted by Gasteiger charge is -2.31. The number of imidazole rings is 1. The van der Waals surface area contributed by atoms with E-state index < -0.39 is 32.3 Å². The van der Waals surface area contributed by atoms with Crippen molar-refractivity contribution < 1.29 is 23.5 Å². The molecule has 0 radical (unpaired) electrons. The summed E-state index contributed by atoms with van der Waals surface area (Å²) in [5.74, 6) is 0.243. The van der Waals surface area contributed by atoms with E-state index in [2.05, 4.69) is 27.0 Å². The highest BCUT2D eigenvalue weighted by Gasteiger charge is 2.52. The van der Waals surface area contributed by atoms with Crippen LogP contribution >= 0.6 is 7.75 Å². The number of nitrogens with two attached hydrogens (primary N) is 1. The molecular formula is C20H33N6O5P. The molecule has 32 heavy (non-hydrogen) atoms. The number of aliphatic hydroxyl groups excluding tert-OH is 1. The van der Waals surface area contributed by atoms with Crippen LogP contribution in [0.15, 0.2) is 12.7 Å². The molecule has 2 fully saturated rings. The second-order valence-corrected chi connectivity index (χ2v) is 10.2. The number of aromatic nitrogens is 4. The molecular weight excluding hydrogens is 435 g/mol. The number of rotatable bonds is 11. The number of hydrogen-bond acceptors (Lipinski definition) is 9. The van der Waals surface area contributed by atoms with Gasteiger partial charge in [-0.2, -0.15) is 0 Å². The first-order valence-corrected chi connectivity index (χ1v) is 13.0. The fourth-order valence-corrected chi connectivity index (χ4v) is 5.77. The van der Waals surface area contributed by atoms with Gasteiger partial charge >= 0.3 is 7.75 Å². The molecule has 4 rings (SSSR count). The highest BCUT2D eigenvalue weighted by atomic mass is 31.2. The van der Waals surface area contributed by atoms with Gasteiger partial charge in [-0.1, -0.05) is 51.9 Å². The number of nitrogens with one attached hydrogen (secondary N) is 1. The van der Waals surface area contributed by atoms with Gasteiger partial charge in [-0.15, -0.1) is 0 Å². The molecule has 0 bridgehead atoms. The van der Waals surface area contributed by atoms with Crippen LogP contribution in [0.2, 0.25) is 0 Å². The van der Waals surface area contributed by atoms with Crippen LogP contribution in [0.25, 0.3) is 11.2 Å². The fraction of sp³-hybridized carbons (Fsp3) is 0.750. The van der Waals surface area contributed by atoms with E-state index >= 15 is 0 Å². The van der Waals surface area contributed by atoms with Gasteiger partial charge in [0.15, 0.2) is 17.7 Å². The quantitative estimate of drug-likeness (QED) is 0.332. The molecule has 2 aromatic heterocycles. The van der Waals surface area contributed by atoms with Crippen LogP contribution in [0, 0.1) is 0 Å². The number of unbranched alkanes of at least 4 members (excludes halogenated alkanes) is 7. The van der Waals surface area contributed by atoms with E-state index in [0.29, 0.717) is 17.7 Å². The van der Waals surface area contributed by atoms with E-state index in [0.717, 1.165) is 12.8 Å². The Hall–Kier alpha value is -1.62. The zero-order valence-electron chi connectivity index (χ0n) is 18.4. The summed E-state index contributed by atoms with van der Waals surface area (Å²) in [5, 5.41) is 13.8. The number of fused-ring (bicyclic) bond motifs is 2. The summed E-state index contributed by atoms with van der Waals surface area (Å²) < 4.78 is 31.7. The van der Waals surface area contributed by atoms with Gasteiger partial charge < -0.3 is 15.6 Å². The molecule has 0 aromatic carbocycles. The molecule has 1 unspecified atom stereocenters. The maximum atomic E-state index is 13.0. The van der Waals surface area contributed by atoms with Gasteiger partial charge in [-0.05, 0) is 6.42 Å². The molecule has 0 spiro atoms. The van der Waals surface area contributed by atoms with Crippen LogP contribution in [-0.2, 0) is 18.3 Å². The van der Waals surface area contributed by atoms with E-state index in [9.17, 15) is 9.67 Å². The number of hydrogen-bond donors (Lipinski definition) is 3. The summed E-state index contributed by atoms with van der Waals surface area (Å²) >= 11 is 0. The molecule has 2 saturated heterocycles. The molecule has 12 heteroatoms. The standard InChI is InChI=1S/C20H33N6O5P/c1-2-3-4-5-6-7-8-9-10-25-32(28)29-11-14-17(31-32)16(27)20(30-14)26-13-24-15-18(21)22-12-23-19(15)26/h12-14,16-17,20,27H,2-11H2,1H3,(H,25,28)(H2,21,22,23)/t14-,16-,17-,20-,32?/m1/s1. The third-order valence-electron chi connectivity index (χ3n) is 5.98. The number of ether oxygens (including phenoxy) is 1. The number of aliphatic hydroxyl groups is 1. The molecule has 2 aliphatic rings. The Morgan fingerprint density at radius 1 is 1.19 bits per heavy atom. The molecule has 11 nitrogen and oxygen atoms in total. The van der Waals surface area contributed by atoms with Crippen LogP contribution in [0.1, 0.15) is 64.5 Å². The van der Waals surface area contributed by atoms with Gasteiger partial charge in [0.05, 0.1) is 12.9 Å². The van der Waals surface area contributed by atoms with Crippen LogP contribution < -0.4 is 10.8 Å². The maximum absolute atomic E-state index is 13.0. The number of nitrogens with zero attached hydrogens (tertiary/aromatic N) is 4. The van der Waals surface area contributed by atoms with Crippen LogP contribution in [0.3, 0.4) is 0 Å². The molecule has 0 amide bonds. The Balaban J connectivity index is 1.28. The summed E-state index contributed by atoms with van der Waals surface area (Å²) in [6.07, 6.45) is 9.08. The maximum Gasteiger partial charge on any atom is 0.406 e. The van der Waals surface area contributed by atoms with E-state index in [4.69, 9.17) is 19.5 Å². The normalized spacial score (nSPS) is 30.1. The van der Waals surface area contributed by atoms with E-state index in [1.165, 1.54) is 51.2 Å². The lowest BCUT2D eigenvalue weighted by molar-refractivity contribution is -0.0595. The average molecular weight is 468 g/mol. The van der Waals surface area contributed by atoms with Crippen molar-refractivity contribution in [3.63, 3.8) is 0 Å². The van der Waals surface area contributed by atoms with Crippen LogP contribution in [0.4, 0.5) is 5.82 Å². The van der Waals surface area contributed by atoms with Crippen molar-refractivity contribution in [2.45, 2.75) is 82.8 Å². The van der Waals surface area contributed by atoms with Gasteiger partial charge in [0.2, 0.25) is 0 Å². The van der Waals surface area contributed by atoms with Gasteiger partial charge in [-0.3, -0.25) is 13.6 Å². The Morgan fingerprint density at radius 2 is 1.94 bits per heavy atom. The van der Waals surface area contributed by atoms with E-state index in [1.54, 1.807) is 4.57 Å². The molecule has 4 heterocycles. The molecule has 0 saturated carbocycles. The Kier molecular flexibility index (Phi) is 7.75. The minimum Gasteiger partial charge on any atom is -0.386 e. The summed E-state index contributed by atoms with van der Waals surface area (Å²) in [4.78, 5) is 12.3. The third-order valence-corrected chi connectivity index (χ3v) is 7.60. The first kappa shape index (κ1) is 23.5. The highest BCUT2D eigenvalue weighted by molar-refractivity contribution is 7.51. The predicted molar refractivity (Wildman–Crippen MR) is 119 cm³/mol. The van der Waals surface area contributed by atoms with Gasteiger partial charge in [0, 0.05) is 6.54 Å². The second kappa shape index (κ2) is 10.5. The SMILES string of the molecule is CCCCCCCCCCNP1(=O)OC[C@H]2O[C@@H](n3cnc4c(N)ncnc43)[C@H](O)[C@@H]2O1. The minimum absolute atomic E-state index is 0.0592. The second-order valence-electron chi connectivity index (χ2n) is 8.38. The van der Waals surface area contributed by atoms with Gasteiger partial charge in [-0.25, -0.2) is 24.6 Å². The minimum atomic E-state index is -3.51. The van der Waals surface area contributed by atoms with E-state index in [1.807, 2.05) is 0 Å². The largest absolute Gasteiger partial charge is 0.406 e. The molecule has 2 aliphatic heterocycles. The fourth-order valence-electron chi connectivity index (χ4n) is 4.19. The Labute approximate surface area is 187 Å². The summed E-state index contributed by atoms with van der Waals surface area (Å²) in [6, 6.07) is 0. The van der Waals surface area contributed by atoms with Crippen LogP contribution in [0.5, 0.6) is 0 Å². The van der Waals surface area contributed by atoms with Crippen molar-refractivity contribution in [1.29, 1.82) is 0 Å².